The van der Waals surface area contributed by atoms with E-state index in [9.17, 15) is 5.11 Å². The fourth-order valence-corrected chi connectivity index (χ4v) is 3.21. The number of benzene rings is 2. The van der Waals surface area contributed by atoms with Crippen LogP contribution in [0.2, 0.25) is 0 Å². The quantitative estimate of drug-likeness (QED) is 0.734. The molecule has 22 heavy (non-hydrogen) atoms. The van der Waals surface area contributed by atoms with E-state index in [0.717, 1.165) is 22.4 Å². The maximum Gasteiger partial charge on any atom is 0.125 e. The molecular weight excluding hydrogens is 292 g/mol. The number of ether oxygens (including phenoxy) is 1. The van der Waals surface area contributed by atoms with Gasteiger partial charge in [-0.1, -0.05) is 30.3 Å². The van der Waals surface area contributed by atoms with Gasteiger partial charge < -0.3 is 9.84 Å². The van der Waals surface area contributed by atoms with E-state index in [1.165, 1.54) is 10.4 Å². The summed E-state index contributed by atoms with van der Waals surface area (Å²) in [5.41, 5.74) is 4.31. The lowest BCUT2D eigenvalue weighted by atomic mass is 10.1. The molecule has 0 spiro atoms. The van der Waals surface area contributed by atoms with Crippen molar-refractivity contribution in [1.29, 1.82) is 0 Å². The van der Waals surface area contributed by atoms with Crippen molar-refractivity contribution in [2.75, 3.05) is 0 Å². The van der Waals surface area contributed by atoms with Crippen molar-refractivity contribution in [2.45, 2.75) is 20.1 Å². The van der Waals surface area contributed by atoms with Gasteiger partial charge in [-0.15, -0.1) is 11.3 Å². The third-order valence-electron chi connectivity index (χ3n) is 3.48. The Morgan fingerprint density at radius 3 is 2.55 bits per heavy atom. The van der Waals surface area contributed by atoms with Crippen molar-refractivity contribution in [1.82, 2.24) is 0 Å². The van der Waals surface area contributed by atoms with E-state index in [-0.39, 0.29) is 6.61 Å². The van der Waals surface area contributed by atoms with E-state index >= 15 is 0 Å². The van der Waals surface area contributed by atoms with Gasteiger partial charge in [-0.05, 0) is 53.3 Å². The standard InChI is InChI=1S/C19H18O2S/c1-14-9-19(22-13-14)16-7-8-18(17(10-16)11-20)21-12-15-5-3-2-4-6-15/h2-10,13,20H,11-12H2,1H3. The molecule has 1 aromatic heterocycles. The van der Waals surface area contributed by atoms with Gasteiger partial charge in [0.15, 0.2) is 0 Å². The summed E-state index contributed by atoms with van der Waals surface area (Å²) in [6.07, 6.45) is 0. The van der Waals surface area contributed by atoms with Crippen LogP contribution in [0, 0.1) is 6.92 Å². The minimum atomic E-state index is -0.0255. The lowest BCUT2D eigenvalue weighted by molar-refractivity contribution is 0.259. The Morgan fingerprint density at radius 1 is 1.05 bits per heavy atom. The number of thiophene rings is 1. The fraction of sp³-hybridized carbons (Fsp3) is 0.158. The molecule has 1 heterocycles. The highest BCUT2D eigenvalue weighted by Crippen LogP contribution is 2.31. The van der Waals surface area contributed by atoms with E-state index in [4.69, 9.17) is 4.74 Å². The number of hydrogen-bond acceptors (Lipinski definition) is 3. The van der Waals surface area contributed by atoms with Crippen LogP contribution < -0.4 is 4.74 Å². The van der Waals surface area contributed by atoms with E-state index in [2.05, 4.69) is 18.4 Å². The van der Waals surface area contributed by atoms with Crippen molar-refractivity contribution < 1.29 is 9.84 Å². The summed E-state index contributed by atoms with van der Waals surface area (Å²) in [4.78, 5) is 1.21. The Labute approximate surface area is 134 Å². The molecule has 1 N–H and O–H groups in total. The Kier molecular flexibility index (Phi) is 4.56. The summed E-state index contributed by atoms with van der Waals surface area (Å²) < 4.78 is 5.85. The van der Waals surface area contributed by atoms with Crippen LogP contribution in [-0.4, -0.2) is 5.11 Å². The van der Waals surface area contributed by atoms with Crippen LogP contribution in [0.1, 0.15) is 16.7 Å². The first-order valence-corrected chi connectivity index (χ1v) is 8.10. The first kappa shape index (κ1) is 14.8. The number of hydrogen-bond donors (Lipinski definition) is 1. The molecule has 0 aliphatic heterocycles. The van der Waals surface area contributed by atoms with Crippen molar-refractivity contribution in [3.8, 4) is 16.2 Å². The van der Waals surface area contributed by atoms with Gasteiger partial charge in [0.1, 0.15) is 12.4 Å². The highest BCUT2D eigenvalue weighted by atomic mass is 32.1. The van der Waals surface area contributed by atoms with Crippen LogP contribution in [0.15, 0.2) is 60.0 Å². The number of aliphatic hydroxyl groups excluding tert-OH is 1. The highest BCUT2D eigenvalue weighted by Gasteiger charge is 2.08. The number of aliphatic hydroxyl groups is 1. The Morgan fingerprint density at radius 2 is 1.86 bits per heavy atom. The normalized spacial score (nSPS) is 10.6. The molecule has 0 saturated heterocycles. The second kappa shape index (κ2) is 6.77. The highest BCUT2D eigenvalue weighted by molar-refractivity contribution is 7.13. The zero-order valence-electron chi connectivity index (χ0n) is 12.5. The van der Waals surface area contributed by atoms with Gasteiger partial charge >= 0.3 is 0 Å². The van der Waals surface area contributed by atoms with Crippen molar-refractivity contribution in [2.24, 2.45) is 0 Å². The van der Waals surface area contributed by atoms with Crippen LogP contribution in [0.4, 0.5) is 0 Å². The molecule has 112 valence electrons. The summed E-state index contributed by atoms with van der Waals surface area (Å²) in [5, 5.41) is 11.7. The molecule has 0 fully saturated rings. The average molecular weight is 310 g/mol. The van der Waals surface area contributed by atoms with Gasteiger partial charge in [-0.2, -0.15) is 0 Å². The first-order chi connectivity index (χ1) is 10.8. The molecule has 2 nitrogen and oxygen atoms in total. The molecule has 0 unspecified atom stereocenters. The molecule has 3 aromatic rings. The third kappa shape index (κ3) is 3.38. The van der Waals surface area contributed by atoms with Crippen molar-refractivity contribution in [3.63, 3.8) is 0 Å². The molecule has 0 radical (unpaired) electrons. The summed E-state index contributed by atoms with van der Waals surface area (Å²) >= 11 is 1.72. The molecule has 0 atom stereocenters. The van der Waals surface area contributed by atoms with Crippen LogP contribution in [0.3, 0.4) is 0 Å². The molecule has 2 aromatic carbocycles. The summed E-state index contributed by atoms with van der Waals surface area (Å²) in [5.74, 6) is 0.739. The van der Waals surface area contributed by atoms with Gasteiger partial charge in [0, 0.05) is 10.4 Å². The fourth-order valence-electron chi connectivity index (χ4n) is 2.32. The third-order valence-corrected chi connectivity index (χ3v) is 4.58. The smallest absolute Gasteiger partial charge is 0.125 e. The summed E-state index contributed by atoms with van der Waals surface area (Å²) in [6, 6.07) is 18.2. The van der Waals surface area contributed by atoms with Gasteiger partial charge in [0.25, 0.3) is 0 Å². The first-order valence-electron chi connectivity index (χ1n) is 7.22. The molecule has 0 bridgehead atoms. The lowest BCUT2D eigenvalue weighted by Crippen LogP contribution is -1.98. The minimum absolute atomic E-state index is 0.0255. The molecule has 3 rings (SSSR count). The van der Waals surface area contributed by atoms with E-state index < -0.39 is 0 Å². The SMILES string of the molecule is Cc1csc(-c2ccc(OCc3ccccc3)c(CO)c2)c1. The second-order valence-corrected chi connectivity index (χ2v) is 6.15. The monoisotopic (exact) mass is 310 g/mol. The molecular formula is C19H18O2S. The molecule has 3 heteroatoms. The van der Waals surface area contributed by atoms with Gasteiger partial charge in [0.05, 0.1) is 6.61 Å². The van der Waals surface area contributed by atoms with Gasteiger partial charge in [-0.25, -0.2) is 0 Å². The maximum atomic E-state index is 9.62. The van der Waals surface area contributed by atoms with E-state index in [1.807, 2.05) is 48.5 Å². The Hall–Kier alpha value is -2.10. The van der Waals surface area contributed by atoms with Crippen LogP contribution >= 0.6 is 11.3 Å². The largest absolute Gasteiger partial charge is 0.489 e. The zero-order chi connectivity index (χ0) is 15.4. The molecule has 0 amide bonds. The Bertz CT molecular complexity index is 747. The summed E-state index contributed by atoms with van der Waals surface area (Å²) in [7, 11) is 0. The lowest BCUT2D eigenvalue weighted by Gasteiger charge is -2.11. The Balaban J connectivity index is 1.80. The molecule has 0 aliphatic rings. The minimum Gasteiger partial charge on any atom is -0.489 e. The average Bonchev–Trinajstić information content (AvgIpc) is 3.00. The van der Waals surface area contributed by atoms with E-state index in [0.29, 0.717) is 6.61 Å². The van der Waals surface area contributed by atoms with E-state index in [1.54, 1.807) is 11.3 Å². The maximum absolute atomic E-state index is 9.62. The zero-order valence-corrected chi connectivity index (χ0v) is 13.3. The van der Waals surface area contributed by atoms with Crippen molar-refractivity contribution in [3.05, 3.63) is 76.7 Å². The van der Waals surface area contributed by atoms with Gasteiger partial charge in [0.2, 0.25) is 0 Å². The predicted molar refractivity (Wildman–Crippen MR) is 91.2 cm³/mol. The van der Waals surface area contributed by atoms with Crippen molar-refractivity contribution >= 4 is 11.3 Å². The second-order valence-electron chi connectivity index (χ2n) is 5.24. The summed E-state index contributed by atoms with van der Waals surface area (Å²) in [6.45, 7) is 2.57. The molecule has 0 saturated carbocycles. The van der Waals surface area contributed by atoms with Crippen LogP contribution in [-0.2, 0) is 13.2 Å². The van der Waals surface area contributed by atoms with Crippen LogP contribution in [0.25, 0.3) is 10.4 Å². The topological polar surface area (TPSA) is 29.5 Å². The predicted octanol–water partition coefficient (Wildman–Crippen LogP) is 4.79. The molecule has 0 aliphatic carbocycles. The van der Waals surface area contributed by atoms with Gasteiger partial charge in [-0.3, -0.25) is 0 Å². The number of aryl methyl sites for hydroxylation is 1. The number of rotatable bonds is 5. The van der Waals surface area contributed by atoms with Crippen LogP contribution in [0.5, 0.6) is 5.75 Å².